The van der Waals surface area contributed by atoms with E-state index < -0.39 is 24.5 Å². The van der Waals surface area contributed by atoms with Crippen molar-refractivity contribution in [3.63, 3.8) is 0 Å². The lowest BCUT2D eigenvalue weighted by Gasteiger charge is -2.28. The summed E-state index contributed by atoms with van der Waals surface area (Å²) in [6, 6.07) is 0. The van der Waals surface area contributed by atoms with Gasteiger partial charge in [-0.25, -0.2) is 9.97 Å². The van der Waals surface area contributed by atoms with Crippen molar-refractivity contribution in [1.82, 2.24) is 9.97 Å². The molecule has 1 aromatic heterocycles. The molecule has 0 amide bonds. The van der Waals surface area contributed by atoms with Crippen LogP contribution >= 0.6 is 11.8 Å². The van der Waals surface area contributed by atoms with Gasteiger partial charge in [0, 0.05) is 14.1 Å². The normalized spacial score (nSPS) is 27.2. The minimum atomic E-state index is -1.22. The van der Waals surface area contributed by atoms with Gasteiger partial charge in [0.25, 0.3) is 0 Å². The molecule has 1 unspecified atom stereocenters. The number of esters is 1. The molecule has 0 saturated carbocycles. The summed E-state index contributed by atoms with van der Waals surface area (Å²) in [7, 11) is 3.78. The lowest BCUT2D eigenvalue weighted by molar-refractivity contribution is -0.155. The van der Waals surface area contributed by atoms with Crippen LogP contribution in [-0.2, 0) is 14.3 Å². The number of ether oxygens (including phenoxy) is 2. The molecule has 2 aliphatic heterocycles. The van der Waals surface area contributed by atoms with Crippen molar-refractivity contribution >= 4 is 29.4 Å². The first kappa shape index (κ1) is 23.8. The van der Waals surface area contributed by atoms with E-state index in [4.69, 9.17) is 9.47 Å². The molecular formula is C21H32N4O5S. The maximum Gasteiger partial charge on any atom is 0.309 e. The van der Waals surface area contributed by atoms with Crippen LogP contribution in [0.4, 0.5) is 11.6 Å². The van der Waals surface area contributed by atoms with E-state index in [2.05, 4.69) is 16.5 Å². The monoisotopic (exact) mass is 452 g/mol. The van der Waals surface area contributed by atoms with Crippen molar-refractivity contribution in [2.45, 2.75) is 63.6 Å². The topological polar surface area (TPSA) is 108 Å². The van der Waals surface area contributed by atoms with Gasteiger partial charge >= 0.3 is 5.97 Å². The number of nitrogens with zero attached hydrogens (tertiary/aromatic N) is 4. The molecule has 31 heavy (non-hydrogen) atoms. The van der Waals surface area contributed by atoms with Crippen LogP contribution in [0.1, 0.15) is 33.0 Å². The Morgan fingerprint density at radius 2 is 2.00 bits per heavy atom. The van der Waals surface area contributed by atoms with Crippen LogP contribution in [0.3, 0.4) is 0 Å². The molecule has 6 atom stereocenters. The first-order valence-electron chi connectivity index (χ1n) is 10.5. The molecule has 1 aromatic rings. The predicted molar refractivity (Wildman–Crippen MR) is 119 cm³/mol. The van der Waals surface area contributed by atoms with E-state index in [9.17, 15) is 15.0 Å². The van der Waals surface area contributed by atoms with Gasteiger partial charge in [-0.2, -0.15) is 0 Å². The van der Waals surface area contributed by atoms with Gasteiger partial charge < -0.3 is 24.6 Å². The number of aromatic nitrogens is 2. The molecule has 1 fully saturated rings. The maximum absolute atomic E-state index is 12.3. The van der Waals surface area contributed by atoms with Crippen molar-refractivity contribution in [2.24, 2.45) is 11.8 Å². The van der Waals surface area contributed by atoms with Gasteiger partial charge in [0.2, 0.25) is 0 Å². The molecule has 9 nitrogen and oxygen atoms in total. The number of fused-ring (bicyclic) bond motifs is 1. The summed E-state index contributed by atoms with van der Waals surface area (Å²) < 4.78 is 11.3. The Bertz CT molecular complexity index is 851. The SMILES string of the molecule is C=C1Sc2c(N(C)C)nc(C)nc2N1[C@@H]1O[C@H](COC(=O)[C@@H](C)C(C)CC)[C@@H](O)[C@H]1O. The number of rotatable bonds is 7. The Labute approximate surface area is 187 Å². The molecule has 172 valence electrons. The summed E-state index contributed by atoms with van der Waals surface area (Å²) in [5, 5.41) is 21.9. The minimum Gasteiger partial charge on any atom is -0.463 e. The van der Waals surface area contributed by atoms with Gasteiger partial charge in [-0.15, -0.1) is 0 Å². The number of hydrogen-bond acceptors (Lipinski definition) is 10. The van der Waals surface area contributed by atoms with E-state index in [0.29, 0.717) is 16.7 Å². The summed E-state index contributed by atoms with van der Waals surface area (Å²) in [4.78, 5) is 25.7. The second kappa shape index (κ2) is 9.32. The summed E-state index contributed by atoms with van der Waals surface area (Å²) >= 11 is 1.39. The lowest BCUT2D eigenvalue weighted by atomic mass is 9.94. The van der Waals surface area contributed by atoms with Crippen LogP contribution < -0.4 is 9.80 Å². The van der Waals surface area contributed by atoms with E-state index in [-0.39, 0.29) is 24.4 Å². The molecule has 0 spiro atoms. The summed E-state index contributed by atoms with van der Waals surface area (Å²) in [6.45, 7) is 11.6. The Morgan fingerprint density at radius 3 is 2.61 bits per heavy atom. The molecule has 0 bridgehead atoms. The Morgan fingerprint density at radius 1 is 1.32 bits per heavy atom. The lowest BCUT2D eigenvalue weighted by Crippen LogP contribution is -2.42. The molecule has 10 heteroatoms. The summed E-state index contributed by atoms with van der Waals surface area (Å²) in [5.41, 5.74) is 0. The number of aliphatic hydroxyl groups excluding tert-OH is 2. The van der Waals surface area contributed by atoms with Gasteiger partial charge in [-0.05, 0) is 12.8 Å². The van der Waals surface area contributed by atoms with E-state index in [1.54, 1.807) is 11.8 Å². The van der Waals surface area contributed by atoms with Crippen molar-refractivity contribution < 1.29 is 24.5 Å². The smallest absolute Gasteiger partial charge is 0.309 e. The van der Waals surface area contributed by atoms with Crippen LogP contribution in [0.25, 0.3) is 0 Å². The number of hydrogen-bond donors (Lipinski definition) is 2. The highest BCUT2D eigenvalue weighted by atomic mass is 32.2. The molecule has 2 aliphatic rings. The summed E-state index contributed by atoms with van der Waals surface area (Å²) in [5.74, 6) is 1.48. The number of aliphatic hydroxyl groups is 2. The number of thioether (sulfide) groups is 1. The molecule has 1 saturated heterocycles. The first-order valence-corrected chi connectivity index (χ1v) is 11.3. The minimum absolute atomic E-state index is 0.138. The number of anilines is 2. The Balaban J connectivity index is 1.77. The van der Waals surface area contributed by atoms with E-state index in [1.807, 2.05) is 39.8 Å². The standard InChI is InChI=1S/C21H32N4O5S/c1-8-10(2)11(3)21(28)29-9-14-15(26)16(27)20(30-14)25-13(5)31-17-18(24(6)7)22-12(4)23-19(17)25/h10-11,14-16,20,26-27H,5,8-9H2,1-4,6-7H3/t10?,11-,14+,15+,16+,20+/m0/s1. The van der Waals surface area contributed by atoms with Crippen molar-refractivity contribution in [2.75, 3.05) is 30.5 Å². The van der Waals surface area contributed by atoms with Gasteiger partial charge in [-0.3, -0.25) is 9.69 Å². The van der Waals surface area contributed by atoms with Crippen molar-refractivity contribution in [3.8, 4) is 0 Å². The molecule has 3 rings (SSSR count). The van der Waals surface area contributed by atoms with Crippen LogP contribution in [0, 0.1) is 18.8 Å². The highest BCUT2D eigenvalue weighted by molar-refractivity contribution is 8.03. The third-order valence-corrected chi connectivity index (χ3v) is 6.93. The zero-order valence-electron chi connectivity index (χ0n) is 18.9. The highest BCUT2D eigenvalue weighted by Gasteiger charge is 2.49. The second-order valence-electron chi connectivity index (χ2n) is 8.36. The fourth-order valence-corrected chi connectivity index (χ4v) is 4.68. The molecule has 0 radical (unpaired) electrons. The van der Waals surface area contributed by atoms with E-state index >= 15 is 0 Å². The summed E-state index contributed by atoms with van der Waals surface area (Å²) in [6.07, 6.45) is -3.33. The molecular weight excluding hydrogens is 420 g/mol. The number of carbonyl (C=O) groups is 1. The number of aryl methyl sites for hydroxylation is 1. The molecule has 2 N–H and O–H groups in total. The van der Waals surface area contributed by atoms with Crippen molar-refractivity contribution in [1.29, 1.82) is 0 Å². The quantitative estimate of drug-likeness (QED) is 0.596. The van der Waals surface area contributed by atoms with Crippen molar-refractivity contribution in [3.05, 3.63) is 17.4 Å². The highest BCUT2D eigenvalue weighted by Crippen LogP contribution is 2.50. The van der Waals surface area contributed by atoms with E-state index in [1.165, 1.54) is 11.8 Å². The molecule has 0 aromatic carbocycles. The van der Waals surface area contributed by atoms with Gasteiger partial charge in [0.1, 0.15) is 36.6 Å². The van der Waals surface area contributed by atoms with Crippen LogP contribution in [0.2, 0.25) is 0 Å². The first-order chi connectivity index (χ1) is 14.6. The average Bonchev–Trinajstić information content (AvgIpc) is 3.19. The maximum atomic E-state index is 12.3. The third kappa shape index (κ3) is 4.52. The van der Waals surface area contributed by atoms with Gasteiger partial charge in [0.15, 0.2) is 12.0 Å². The predicted octanol–water partition coefficient (Wildman–Crippen LogP) is 1.91. The average molecular weight is 453 g/mol. The second-order valence-corrected chi connectivity index (χ2v) is 9.44. The molecule has 0 aliphatic carbocycles. The van der Waals surface area contributed by atoms with Crippen LogP contribution in [-0.4, -0.2) is 71.4 Å². The van der Waals surface area contributed by atoms with Crippen LogP contribution in [0.5, 0.6) is 0 Å². The Kier molecular flexibility index (Phi) is 7.14. The largest absolute Gasteiger partial charge is 0.463 e. The van der Waals surface area contributed by atoms with Gasteiger partial charge in [0.05, 0.1) is 15.8 Å². The fraction of sp³-hybridized carbons (Fsp3) is 0.667. The van der Waals surface area contributed by atoms with E-state index in [0.717, 1.165) is 17.1 Å². The molecule has 3 heterocycles. The van der Waals surface area contributed by atoms with Gasteiger partial charge in [-0.1, -0.05) is 45.5 Å². The number of carbonyl (C=O) groups excluding carboxylic acids is 1. The third-order valence-electron chi connectivity index (χ3n) is 5.93. The Hall–Kier alpha value is -1.88. The fourth-order valence-electron chi connectivity index (χ4n) is 3.60. The zero-order valence-corrected chi connectivity index (χ0v) is 19.7. The van der Waals surface area contributed by atoms with Crippen LogP contribution in [0.15, 0.2) is 16.5 Å². The zero-order chi connectivity index (χ0) is 23.0.